The standard InChI is InChI=1S/C15H27N3O/c1-3-7-15(13-19)8-5-9-17(12-15)11-14-6-10-18(4-2)16-14/h6,10,19H,3-5,7-9,11-13H2,1-2H3. The van der Waals surface area contributed by atoms with Gasteiger partial charge < -0.3 is 5.11 Å². The topological polar surface area (TPSA) is 41.3 Å². The fourth-order valence-corrected chi connectivity index (χ4v) is 3.28. The molecule has 2 heterocycles. The first-order valence-corrected chi connectivity index (χ1v) is 7.57. The zero-order valence-corrected chi connectivity index (χ0v) is 12.3. The Balaban J connectivity index is 1.96. The molecule has 1 aliphatic heterocycles. The zero-order valence-electron chi connectivity index (χ0n) is 12.3. The van der Waals surface area contributed by atoms with Crippen LogP contribution in [-0.4, -0.2) is 39.5 Å². The van der Waals surface area contributed by atoms with E-state index in [1.165, 1.54) is 6.42 Å². The molecular formula is C15H27N3O. The summed E-state index contributed by atoms with van der Waals surface area (Å²) in [6, 6.07) is 2.11. The van der Waals surface area contributed by atoms with Crippen molar-refractivity contribution in [2.75, 3.05) is 19.7 Å². The monoisotopic (exact) mass is 265 g/mol. The highest BCUT2D eigenvalue weighted by Crippen LogP contribution is 2.34. The summed E-state index contributed by atoms with van der Waals surface area (Å²) in [6.07, 6.45) is 6.68. The maximum atomic E-state index is 9.75. The Morgan fingerprint density at radius 2 is 2.26 bits per heavy atom. The first kappa shape index (κ1) is 14.5. The molecule has 0 saturated carbocycles. The van der Waals surface area contributed by atoms with Gasteiger partial charge in [-0.15, -0.1) is 0 Å². The Morgan fingerprint density at radius 3 is 2.89 bits per heavy atom. The van der Waals surface area contributed by atoms with Crippen molar-refractivity contribution in [2.45, 2.75) is 52.6 Å². The summed E-state index contributed by atoms with van der Waals surface area (Å²) in [5.41, 5.74) is 1.27. The van der Waals surface area contributed by atoms with Gasteiger partial charge in [0.2, 0.25) is 0 Å². The maximum Gasteiger partial charge on any atom is 0.0764 e. The van der Waals surface area contributed by atoms with Gasteiger partial charge in [0.1, 0.15) is 0 Å². The van der Waals surface area contributed by atoms with Crippen molar-refractivity contribution in [3.63, 3.8) is 0 Å². The van der Waals surface area contributed by atoms with Gasteiger partial charge in [0, 0.05) is 37.9 Å². The molecule has 2 rings (SSSR count). The van der Waals surface area contributed by atoms with E-state index < -0.39 is 0 Å². The number of aryl methyl sites for hydroxylation is 1. The van der Waals surface area contributed by atoms with Crippen molar-refractivity contribution in [2.24, 2.45) is 5.41 Å². The number of hydrogen-bond donors (Lipinski definition) is 1. The Hall–Kier alpha value is -0.870. The van der Waals surface area contributed by atoms with E-state index in [0.717, 1.165) is 51.1 Å². The van der Waals surface area contributed by atoms with Crippen LogP contribution >= 0.6 is 0 Å². The van der Waals surface area contributed by atoms with Crippen LogP contribution in [0.25, 0.3) is 0 Å². The van der Waals surface area contributed by atoms with Gasteiger partial charge in [-0.2, -0.15) is 5.10 Å². The molecule has 19 heavy (non-hydrogen) atoms. The SMILES string of the molecule is CCCC1(CO)CCCN(Cc2ccn(CC)n2)C1. The number of aliphatic hydroxyl groups excluding tert-OH is 1. The lowest BCUT2D eigenvalue weighted by Crippen LogP contribution is -2.45. The molecule has 1 N–H and O–H groups in total. The van der Waals surface area contributed by atoms with Crippen LogP contribution < -0.4 is 0 Å². The molecule has 4 heteroatoms. The minimum absolute atomic E-state index is 0.125. The largest absolute Gasteiger partial charge is 0.396 e. The van der Waals surface area contributed by atoms with Gasteiger partial charge in [0.05, 0.1) is 5.69 Å². The molecule has 0 radical (unpaired) electrons. The highest BCUT2D eigenvalue weighted by molar-refractivity contribution is 5.00. The van der Waals surface area contributed by atoms with Gasteiger partial charge in [-0.3, -0.25) is 9.58 Å². The lowest BCUT2D eigenvalue weighted by molar-refractivity contribution is 0.0211. The average Bonchev–Trinajstić information content (AvgIpc) is 2.87. The van der Waals surface area contributed by atoms with Crippen LogP contribution in [0.5, 0.6) is 0 Å². The van der Waals surface area contributed by atoms with Gasteiger partial charge in [-0.1, -0.05) is 13.3 Å². The summed E-state index contributed by atoms with van der Waals surface area (Å²) in [4.78, 5) is 2.46. The van der Waals surface area contributed by atoms with Crippen molar-refractivity contribution in [1.82, 2.24) is 14.7 Å². The molecule has 0 aromatic carbocycles. The molecule has 1 fully saturated rings. The minimum atomic E-state index is 0.125. The van der Waals surface area contributed by atoms with Gasteiger partial charge >= 0.3 is 0 Å². The van der Waals surface area contributed by atoms with Gasteiger partial charge in [0.25, 0.3) is 0 Å². The second kappa shape index (κ2) is 6.53. The van der Waals surface area contributed by atoms with E-state index in [-0.39, 0.29) is 5.41 Å². The highest BCUT2D eigenvalue weighted by atomic mass is 16.3. The summed E-state index contributed by atoms with van der Waals surface area (Å²) in [5, 5.41) is 14.3. The predicted octanol–water partition coefficient (Wildman–Crippen LogP) is 2.28. The van der Waals surface area contributed by atoms with E-state index in [4.69, 9.17) is 0 Å². The maximum absolute atomic E-state index is 9.75. The molecule has 4 nitrogen and oxygen atoms in total. The van der Waals surface area contributed by atoms with E-state index in [2.05, 4.69) is 29.9 Å². The van der Waals surface area contributed by atoms with E-state index >= 15 is 0 Å². The molecule has 0 aliphatic carbocycles. The summed E-state index contributed by atoms with van der Waals surface area (Å²) in [5.74, 6) is 0. The van der Waals surface area contributed by atoms with Gasteiger partial charge in [-0.05, 0) is 38.8 Å². The fraction of sp³-hybridized carbons (Fsp3) is 0.800. The van der Waals surface area contributed by atoms with Gasteiger partial charge in [-0.25, -0.2) is 0 Å². The van der Waals surface area contributed by atoms with Crippen molar-refractivity contribution in [3.05, 3.63) is 18.0 Å². The van der Waals surface area contributed by atoms with Crippen molar-refractivity contribution in [1.29, 1.82) is 0 Å². The van der Waals surface area contributed by atoms with E-state index in [1.54, 1.807) is 0 Å². The Morgan fingerprint density at radius 1 is 1.42 bits per heavy atom. The molecular weight excluding hydrogens is 238 g/mol. The Labute approximate surface area is 116 Å². The van der Waals surface area contributed by atoms with Crippen LogP contribution in [0.2, 0.25) is 0 Å². The van der Waals surface area contributed by atoms with Crippen molar-refractivity contribution >= 4 is 0 Å². The number of nitrogens with zero attached hydrogens (tertiary/aromatic N) is 3. The molecule has 1 atom stereocenters. The third kappa shape index (κ3) is 3.57. The van der Waals surface area contributed by atoms with E-state index in [1.807, 2.05) is 10.9 Å². The van der Waals surface area contributed by atoms with Crippen LogP contribution in [0.3, 0.4) is 0 Å². The normalized spacial score (nSPS) is 24.8. The van der Waals surface area contributed by atoms with Crippen LogP contribution in [-0.2, 0) is 13.1 Å². The van der Waals surface area contributed by atoms with E-state index in [9.17, 15) is 5.11 Å². The number of piperidine rings is 1. The Bertz CT molecular complexity index is 386. The number of aromatic nitrogens is 2. The fourth-order valence-electron chi connectivity index (χ4n) is 3.28. The quantitative estimate of drug-likeness (QED) is 0.858. The third-order valence-electron chi connectivity index (χ3n) is 4.26. The average molecular weight is 265 g/mol. The predicted molar refractivity (Wildman–Crippen MR) is 76.8 cm³/mol. The van der Waals surface area contributed by atoms with Crippen LogP contribution in [0.1, 0.15) is 45.2 Å². The summed E-state index contributed by atoms with van der Waals surface area (Å²) >= 11 is 0. The van der Waals surface area contributed by atoms with Crippen LogP contribution in [0.4, 0.5) is 0 Å². The highest BCUT2D eigenvalue weighted by Gasteiger charge is 2.34. The second-order valence-electron chi connectivity index (χ2n) is 5.89. The first-order chi connectivity index (χ1) is 9.21. The lowest BCUT2D eigenvalue weighted by atomic mass is 9.77. The molecule has 1 aromatic rings. The summed E-state index contributed by atoms with van der Waals surface area (Å²) < 4.78 is 1.98. The van der Waals surface area contributed by atoms with Crippen molar-refractivity contribution < 1.29 is 5.11 Å². The lowest BCUT2D eigenvalue weighted by Gasteiger charge is -2.41. The summed E-state index contributed by atoms with van der Waals surface area (Å²) in [6.45, 7) is 8.62. The second-order valence-corrected chi connectivity index (χ2v) is 5.89. The first-order valence-electron chi connectivity index (χ1n) is 7.57. The smallest absolute Gasteiger partial charge is 0.0764 e. The molecule has 1 aliphatic rings. The number of likely N-dealkylation sites (tertiary alicyclic amines) is 1. The number of hydrogen-bond acceptors (Lipinski definition) is 3. The van der Waals surface area contributed by atoms with Gasteiger partial charge in [0.15, 0.2) is 0 Å². The Kier molecular flexibility index (Phi) is 4.99. The summed E-state index contributed by atoms with van der Waals surface area (Å²) in [7, 11) is 0. The molecule has 1 saturated heterocycles. The molecule has 108 valence electrons. The molecule has 1 aromatic heterocycles. The third-order valence-corrected chi connectivity index (χ3v) is 4.26. The van der Waals surface area contributed by atoms with E-state index in [0.29, 0.717) is 6.61 Å². The molecule has 0 bridgehead atoms. The number of aliphatic hydroxyl groups is 1. The molecule has 1 unspecified atom stereocenters. The zero-order chi connectivity index (χ0) is 13.7. The van der Waals surface area contributed by atoms with Crippen LogP contribution in [0, 0.1) is 5.41 Å². The van der Waals surface area contributed by atoms with Crippen molar-refractivity contribution in [3.8, 4) is 0 Å². The minimum Gasteiger partial charge on any atom is -0.396 e. The van der Waals surface area contributed by atoms with Crippen LogP contribution in [0.15, 0.2) is 12.3 Å². The molecule has 0 spiro atoms. The molecule has 0 amide bonds. The number of rotatable bonds is 6.